The lowest BCUT2D eigenvalue weighted by molar-refractivity contribution is -0.154. The molecule has 1 heterocycles. The van der Waals surface area contributed by atoms with Crippen LogP contribution < -0.4 is 10.6 Å². The number of nitrogens with one attached hydrogen (secondary N) is 2. The van der Waals surface area contributed by atoms with Crippen LogP contribution in [0.2, 0.25) is 0 Å². The van der Waals surface area contributed by atoms with E-state index in [-0.39, 0.29) is 49.6 Å². The molecule has 6 amide bonds. The Hall–Kier alpha value is -6.28. The first-order valence-corrected chi connectivity index (χ1v) is 19.3. The van der Waals surface area contributed by atoms with Gasteiger partial charge in [-0.25, -0.2) is 14.5 Å². The normalized spacial score (nSPS) is 14.1. The monoisotopic (exact) mass is 806 g/mol. The van der Waals surface area contributed by atoms with Crippen LogP contribution in [0, 0.1) is 5.92 Å². The summed E-state index contributed by atoms with van der Waals surface area (Å²) >= 11 is 4.56. The lowest BCUT2D eigenvalue weighted by Gasteiger charge is -2.42. The Balaban J connectivity index is 1.56. The molecule has 0 bridgehead atoms. The fourth-order valence-electron chi connectivity index (χ4n) is 6.75. The van der Waals surface area contributed by atoms with Gasteiger partial charge in [-0.15, -0.1) is 0 Å². The van der Waals surface area contributed by atoms with Crippen molar-refractivity contribution in [3.63, 3.8) is 0 Å². The number of hydrogen-bond donors (Lipinski definition) is 3. The van der Waals surface area contributed by atoms with Crippen molar-refractivity contribution in [1.29, 1.82) is 0 Å². The molecule has 5 rings (SSSR count). The average Bonchev–Trinajstić information content (AvgIpc) is 3.48. The number of rotatable bonds is 17. The second kappa shape index (κ2) is 19.7. The standard InChI is InChI=1S/C44H46N4O9S/c1-29(2)25-35(46-42(54)56-27-31-17-9-5-10-18-31)37(49)44(41(53)45-3,26-30-15-7-4-8-16-30)48(43(55)57-28-32-19-11-6-12-20-32)40(52)36(58)23-24-47-38(50)33-21-13-14-22-34(33)39(47)51/h4-22,29,35-36,58H,23-28H2,1-3H3,(H,45,53)(H,46,54)/t35-,36?,44+/m0/s1. The second-order valence-corrected chi connectivity index (χ2v) is 14.8. The Morgan fingerprint density at radius 1 is 0.724 bits per heavy atom. The first-order valence-electron chi connectivity index (χ1n) is 18.8. The summed E-state index contributed by atoms with van der Waals surface area (Å²) in [6, 6.07) is 30.6. The number of fused-ring (bicyclic) bond motifs is 1. The van der Waals surface area contributed by atoms with Crippen molar-refractivity contribution in [3.8, 4) is 0 Å². The quantitative estimate of drug-likeness (QED) is 0.0682. The maximum absolute atomic E-state index is 15.4. The van der Waals surface area contributed by atoms with Crippen LogP contribution in [0.15, 0.2) is 115 Å². The number of amides is 6. The molecule has 13 nitrogen and oxygen atoms in total. The summed E-state index contributed by atoms with van der Waals surface area (Å²) < 4.78 is 11.2. The van der Waals surface area contributed by atoms with Gasteiger partial charge in [0.2, 0.25) is 5.91 Å². The number of Topliss-reactive ketones (excluding diaryl/α,β-unsaturated/α-hetero) is 1. The van der Waals surface area contributed by atoms with Crippen LogP contribution in [0.25, 0.3) is 0 Å². The fraction of sp³-hybridized carbons (Fsp3) is 0.295. The lowest BCUT2D eigenvalue weighted by atomic mass is 9.78. The zero-order valence-corrected chi connectivity index (χ0v) is 33.4. The van der Waals surface area contributed by atoms with Crippen LogP contribution >= 0.6 is 12.6 Å². The van der Waals surface area contributed by atoms with E-state index in [9.17, 15) is 28.8 Å². The number of ketones is 1. The number of carbonyl (C=O) groups excluding carboxylic acids is 7. The summed E-state index contributed by atoms with van der Waals surface area (Å²) in [5, 5.41) is 3.65. The van der Waals surface area contributed by atoms with Gasteiger partial charge >= 0.3 is 12.2 Å². The van der Waals surface area contributed by atoms with E-state index in [0.717, 1.165) is 4.90 Å². The van der Waals surface area contributed by atoms with Crippen LogP contribution in [-0.2, 0) is 43.5 Å². The molecule has 58 heavy (non-hydrogen) atoms. The van der Waals surface area contributed by atoms with Crippen molar-refractivity contribution < 1.29 is 43.0 Å². The summed E-state index contributed by atoms with van der Waals surface area (Å²) in [5.41, 5.74) is -0.630. The number of carbonyl (C=O) groups is 7. The maximum Gasteiger partial charge on any atom is 0.418 e. The molecule has 0 spiro atoms. The number of likely N-dealkylation sites (N-methyl/N-ethyl adjacent to an activating group) is 1. The minimum Gasteiger partial charge on any atom is -0.445 e. The molecule has 1 unspecified atom stereocenters. The van der Waals surface area contributed by atoms with E-state index >= 15 is 4.79 Å². The molecule has 2 N–H and O–H groups in total. The van der Waals surface area contributed by atoms with Gasteiger partial charge in [0.05, 0.1) is 22.4 Å². The van der Waals surface area contributed by atoms with Crippen molar-refractivity contribution in [3.05, 3.63) is 143 Å². The molecule has 0 fully saturated rings. The maximum atomic E-state index is 15.4. The Morgan fingerprint density at radius 2 is 1.21 bits per heavy atom. The molecule has 302 valence electrons. The number of ether oxygens (including phenoxy) is 2. The average molecular weight is 807 g/mol. The zero-order chi connectivity index (χ0) is 41.8. The van der Waals surface area contributed by atoms with Gasteiger partial charge in [0.1, 0.15) is 13.2 Å². The van der Waals surface area contributed by atoms with Crippen LogP contribution in [0.4, 0.5) is 9.59 Å². The minimum atomic E-state index is -2.68. The minimum absolute atomic E-state index is 0.0159. The van der Waals surface area contributed by atoms with Crippen molar-refractivity contribution in [1.82, 2.24) is 20.4 Å². The molecular weight excluding hydrogens is 761 g/mol. The van der Waals surface area contributed by atoms with Crippen LogP contribution in [0.3, 0.4) is 0 Å². The Bertz CT molecular complexity index is 2080. The van der Waals surface area contributed by atoms with Crippen molar-refractivity contribution in [2.45, 2.75) is 63.2 Å². The Kier molecular flexibility index (Phi) is 14.6. The lowest BCUT2D eigenvalue weighted by Crippen LogP contribution is -2.72. The van der Waals surface area contributed by atoms with Gasteiger partial charge in [0, 0.05) is 20.0 Å². The van der Waals surface area contributed by atoms with Gasteiger partial charge in [-0.05, 0) is 47.6 Å². The Morgan fingerprint density at radius 3 is 1.71 bits per heavy atom. The third-order valence-corrected chi connectivity index (χ3v) is 10.1. The smallest absolute Gasteiger partial charge is 0.418 e. The van der Waals surface area contributed by atoms with Crippen molar-refractivity contribution in [2.24, 2.45) is 5.92 Å². The van der Waals surface area contributed by atoms with E-state index in [0.29, 0.717) is 21.6 Å². The van der Waals surface area contributed by atoms with Crippen LogP contribution in [-0.4, -0.2) is 81.8 Å². The van der Waals surface area contributed by atoms with Gasteiger partial charge < -0.3 is 20.1 Å². The molecule has 4 aromatic carbocycles. The highest BCUT2D eigenvalue weighted by Gasteiger charge is 2.58. The third-order valence-electron chi connectivity index (χ3n) is 9.62. The fourth-order valence-corrected chi connectivity index (χ4v) is 6.98. The van der Waals surface area contributed by atoms with Crippen molar-refractivity contribution in [2.75, 3.05) is 13.6 Å². The highest BCUT2D eigenvalue weighted by Crippen LogP contribution is 2.31. The third kappa shape index (κ3) is 9.98. The van der Waals surface area contributed by atoms with Gasteiger partial charge in [-0.3, -0.25) is 28.9 Å². The molecular formula is C44H46N4O9S. The van der Waals surface area contributed by atoms with E-state index in [2.05, 4.69) is 23.3 Å². The van der Waals surface area contributed by atoms with Gasteiger partial charge in [0.15, 0.2) is 11.3 Å². The van der Waals surface area contributed by atoms with Crippen LogP contribution in [0.5, 0.6) is 0 Å². The molecule has 1 aliphatic rings. The summed E-state index contributed by atoms with van der Waals surface area (Å²) in [5.74, 6) is -4.51. The molecule has 1 aliphatic heterocycles. The molecule has 0 saturated heterocycles. The van der Waals surface area contributed by atoms with Crippen molar-refractivity contribution >= 4 is 54.2 Å². The molecule has 4 aromatic rings. The molecule has 0 radical (unpaired) electrons. The highest BCUT2D eigenvalue weighted by molar-refractivity contribution is 7.81. The number of benzene rings is 4. The van der Waals surface area contributed by atoms with E-state index in [4.69, 9.17) is 9.47 Å². The van der Waals surface area contributed by atoms with E-state index < -0.39 is 64.8 Å². The van der Waals surface area contributed by atoms with Gasteiger partial charge in [0.25, 0.3) is 17.7 Å². The predicted molar refractivity (Wildman–Crippen MR) is 218 cm³/mol. The first kappa shape index (κ1) is 42.9. The van der Waals surface area contributed by atoms with Gasteiger partial charge in [-0.2, -0.15) is 12.6 Å². The predicted octanol–water partition coefficient (Wildman–Crippen LogP) is 5.77. The number of imide groups is 2. The number of alkyl carbamates (subject to hydrolysis) is 1. The molecule has 0 saturated carbocycles. The largest absolute Gasteiger partial charge is 0.445 e. The number of nitrogens with zero attached hydrogens (tertiary/aromatic N) is 2. The van der Waals surface area contributed by atoms with Gasteiger partial charge in [-0.1, -0.05) is 117 Å². The molecule has 3 atom stereocenters. The first-order chi connectivity index (χ1) is 27.9. The molecule has 0 aliphatic carbocycles. The summed E-state index contributed by atoms with van der Waals surface area (Å²) in [7, 11) is 1.26. The summed E-state index contributed by atoms with van der Waals surface area (Å²) in [4.78, 5) is 101. The highest BCUT2D eigenvalue weighted by atomic mass is 32.1. The summed E-state index contributed by atoms with van der Waals surface area (Å²) in [6.45, 7) is 2.87. The number of hydrogen-bond acceptors (Lipinski definition) is 10. The molecule has 14 heteroatoms. The zero-order valence-electron chi connectivity index (χ0n) is 32.5. The van der Waals surface area contributed by atoms with Crippen LogP contribution in [0.1, 0.15) is 64.1 Å². The molecule has 0 aromatic heterocycles. The Labute approximate surface area is 342 Å². The summed E-state index contributed by atoms with van der Waals surface area (Å²) in [6.07, 6.45) is -3.11. The number of thiol groups is 1. The van der Waals surface area contributed by atoms with E-state index in [1.165, 1.54) is 19.2 Å². The second-order valence-electron chi connectivity index (χ2n) is 14.2. The van der Waals surface area contributed by atoms with E-state index in [1.807, 2.05) is 6.07 Å². The SMILES string of the molecule is CNC(=O)[C@@](Cc1ccccc1)(C(=O)[C@H](CC(C)C)NC(=O)OCc1ccccc1)N(C(=O)OCc1ccccc1)C(=O)C(S)CCN1C(=O)c2ccccc2C1=O. The topological polar surface area (TPSA) is 168 Å². The van der Waals surface area contributed by atoms with E-state index in [1.54, 1.807) is 111 Å².